The molecule has 2 amide bonds. The molecule has 1 atom stereocenters. The standard InChI is InChI=1S/C17H24N4O4/c1-13-4-5-14(11-16(13)21(23)24)18-17(22)20-8-6-19(7-9-20)12-15-3-2-10-25-15/h4-5,11,15H,2-3,6-10,12H2,1H3,(H,18,22). The van der Waals surface area contributed by atoms with Gasteiger partial charge in [0.05, 0.1) is 11.0 Å². The summed E-state index contributed by atoms with van der Waals surface area (Å²) in [6.45, 7) is 6.40. The predicted molar refractivity (Wildman–Crippen MR) is 93.8 cm³/mol. The Morgan fingerprint density at radius 1 is 1.36 bits per heavy atom. The van der Waals surface area contributed by atoms with Gasteiger partial charge in [0, 0.05) is 56.6 Å². The molecule has 2 saturated heterocycles. The van der Waals surface area contributed by atoms with Crippen molar-refractivity contribution in [2.24, 2.45) is 0 Å². The molecule has 0 aliphatic carbocycles. The summed E-state index contributed by atoms with van der Waals surface area (Å²) in [5.74, 6) is 0. The molecule has 0 aromatic heterocycles. The molecule has 0 spiro atoms. The number of amides is 2. The molecule has 2 aliphatic rings. The average molecular weight is 348 g/mol. The van der Waals surface area contributed by atoms with Gasteiger partial charge in [0.2, 0.25) is 0 Å². The van der Waals surface area contributed by atoms with Crippen LogP contribution in [0.3, 0.4) is 0 Å². The summed E-state index contributed by atoms with van der Waals surface area (Å²) >= 11 is 0. The summed E-state index contributed by atoms with van der Waals surface area (Å²) < 4.78 is 5.66. The van der Waals surface area contributed by atoms with Gasteiger partial charge >= 0.3 is 6.03 Å². The van der Waals surface area contributed by atoms with E-state index < -0.39 is 4.92 Å². The zero-order chi connectivity index (χ0) is 17.8. The number of carbonyl (C=O) groups excluding carboxylic acids is 1. The molecule has 8 nitrogen and oxygen atoms in total. The zero-order valence-corrected chi connectivity index (χ0v) is 14.4. The van der Waals surface area contributed by atoms with Gasteiger partial charge in [0.15, 0.2) is 0 Å². The lowest BCUT2D eigenvalue weighted by Crippen LogP contribution is -2.51. The minimum absolute atomic E-state index is 0.0131. The van der Waals surface area contributed by atoms with E-state index >= 15 is 0 Å². The average Bonchev–Trinajstić information content (AvgIpc) is 3.10. The maximum Gasteiger partial charge on any atom is 0.321 e. The van der Waals surface area contributed by atoms with Crippen molar-refractivity contribution in [3.05, 3.63) is 33.9 Å². The number of nitrogens with one attached hydrogen (secondary N) is 1. The van der Waals surface area contributed by atoms with Crippen LogP contribution in [0.1, 0.15) is 18.4 Å². The van der Waals surface area contributed by atoms with Crippen molar-refractivity contribution in [2.45, 2.75) is 25.9 Å². The van der Waals surface area contributed by atoms with E-state index in [2.05, 4.69) is 10.2 Å². The Bertz CT molecular complexity index is 638. The predicted octanol–water partition coefficient (Wildman–Crippen LogP) is 2.23. The third-order valence-electron chi connectivity index (χ3n) is 4.80. The lowest BCUT2D eigenvalue weighted by molar-refractivity contribution is -0.385. The number of hydrogen-bond acceptors (Lipinski definition) is 5. The largest absolute Gasteiger partial charge is 0.377 e. The summed E-state index contributed by atoms with van der Waals surface area (Å²) in [5.41, 5.74) is 1.04. The normalized spacial score (nSPS) is 21.3. The van der Waals surface area contributed by atoms with Crippen molar-refractivity contribution in [1.82, 2.24) is 9.80 Å². The second-order valence-electron chi connectivity index (χ2n) is 6.61. The van der Waals surface area contributed by atoms with E-state index in [4.69, 9.17) is 4.74 Å². The maximum absolute atomic E-state index is 12.4. The minimum atomic E-state index is -0.436. The third-order valence-corrected chi connectivity index (χ3v) is 4.80. The number of carbonyl (C=O) groups is 1. The van der Waals surface area contributed by atoms with Crippen LogP contribution in [0.2, 0.25) is 0 Å². The van der Waals surface area contributed by atoms with Crippen molar-refractivity contribution < 1.29 is 14.5 Å². The first-order chi connectivity index (χ1) is 12.0. The molecule has 1 unspecified atom stereocenters. The van der Waals surface area contributed by atoms with Gasteiger partial charge in [-0.25, -0.2) is 4.79 Å². The first kappa shape index (κ1) is 17.6. The van der Waals surface area contributed by atoms with Crippen LogP contribution in [0.15, 0.2) is 18.2 Å². The molecule has 25 heavy (non-hydrogen) atoms. The molecule has 3 rings (SSSR count). The van der Waals surface area contributed by atoms with Gasteiger partial charge < -0.3 is 15.0 Å². The van der Waals surface area contributed by atoms with Gasteiger partial charge in [-0.2, -0.15) is 0 Å². The Hall–Kier alpha value is -2.19. The van der Waals surface area contributed by atoms with E-state index in [0.717, 1.165) is 39.1 Å². The number of rotatable bonds is 4. The highest BCUT2D eigenvalue weighted by molar-refractivity contribution is 5.89. The number of ether oxygens (including phenoxy) is 1. The Morgan fingerprint density at radius 2 is 2.12 bits per heavy atom. The number of hydrogen-bond donors (Lipinski definition) is 1. The highest BCUT2D eigenvalue weighted by Gasteiger charge is 2.25. The second kappa shape index (κ2) is 7.79. The monoisotopic (exact) mass is 348 g/mol. The van der Waals surface area contributed by atoms with Crippen molar-refractivity contribution in [3.8, 4) is 0 Å². The van der Waals surface area contributed by atoms with Crippen LogP contribution in [-0.2, 0) is 4.74 Å². The van der Waals surface area contributed by atoms with E-state index in [-0.39, 0.29) is 11.7 Å². The summed E-state index contributed by atoms with van der Waals surface area (Å²) in [4.78, 5) is 27.0. The zero-order valence-electron chi connectivity index (χ0n) is 14.4. The molecule has 1 N–H and O–H groups in total. The van der Waals surface area contributed by atoms with E-state index in [1.807, 2.05) is 0 Å². The number of aryl methyl sites for hydroxylation is 1. The highest BCUT2D eigenvalue weighted by Crippen LogP contribution is 2.22. The van der Waals surface area contributed by atoms with Gasteiger partial charge in [0.25, 0.3) is 5.69 Å². The van der Waals surface area contributed by atoms with Crippen LogP contribution in [-0.4, -0.2) is 66.2 Å². The Balaban J connectivity index is 1.51. The van der Waals surface area contributed by atoms with Crippen LogP contribution in [0, 0.1) is 17.0 Å². The fourth-order valence-electron chi connectivity index (χ4n) is 3.30. The molecule has 0 bridgehead atoms. The molecule has 0 radical (unpaired) electrons. The molecule has 8 heteroatoms. The quantitative estimate of drug-likeness (QED) is 0.666. The van der Waals surface area contributed by atoms with Gasteiger partial charge in [-0.3, -0.25) is 15.0 Å². The molecular weight excluding hydrogens is 324 g/mol. The lowest BCUT2D eigenvalue weighted by Gasteiger charge is -2.35. The van der Waals surface area contributed by atoms with Crippen LogP contribution in [0.4, 0.5) is 16.2 Å². The van der Waals surface area contributed by atoms with E-state index in [1.54, 1.807) is 24.0 Å². The van der Waals surface area contributed by atoms with Crippen LogP contribution < -0.4 is 5.32 Å². The van der Waals surface area contributed by atoms with Crippen LogP contribution >= 0.6 is 0 Å². The molecule has 136 valence electrons. The fraction of sp³-hybridized carbons (Fsp3) is 0.588. The van der Waals surface area contributed by atoms with Crippen molar-refractivity contribution in [3.63, 3.8) is 0 Å². The summed E-state index contributed by atoms with van der Waals surface area (Å²) in [5, 5.41) is 13.8. The molecule has 2 aliphatic heterocycles. The van der Waals surface area contributed by atoms with Crippen LogP contribution in [0.5, 0.6) is 0 Å². The highest BCUT2D eigenvalue weighted by atomic mass is 16.6. The topological polar surface area (TPSA) is 88.0 Å². The van der Waals surface area contributed by atoms with Crippen molar-refractivity contribution in [2.75, 3.05) is 44.6 Å². The molecular formula is C17H24N4O4. The molecule has 1 aromatic rings. The summed E-state index contributed by atoms with van der Waals surface area (Å²) in [6, 6.07) is 4.53. The first-order valence-corrected chi connectivity index (χ1v) is 8.68. The van der Waals surface area contributed by atoms with Gasteiger partial charge in [0.1, 0.15) is 0 Å². The number of urea groups is 1. The Labute approximate surface area is 146 Å². The first-order valence-electron chi connectivity index (χ1n) is 8.68. The molecule has 2 heterocycles. The van der Waals surface area contributed by atoms with Gasteiger partial charge in [-0.15, -0.1) is 0 Å². The SMILES string of the molecule is Cc1ccc(NC(=O)N2CCN(CC3CCCO3)CC2)cc1[N+](=O)[O-]. The fourth-order valence-corrected chi connectivity index (χ4v) is 3.30. The smallest absolute Gasteiger partial charge is 0.321 e. The number of anilines is 1. The number of piperazine rings is 1. The number of nitro groups is 1. The Kier molecular flexibility index (Phi) is 5.50. The Morgan fingerprint density at radius 3 is 2.76 bits per heavy atom. The second-order valence-corrected chi connectivity index (χ2v) is 6.61. The van der Waals surface area contributed by atoms with Crippen LogP contribution in [0.25, 0.3) is 0 Å². The molecule has 0 saturated carbocycles. The number of nitro benzene ring substituents is 1. The lowest BCUT2D eigenvalue weighted by atomic mass is 10.2. The van der Waals surface area contributed by atoms with E-state index in [1.165, 1.54) is 6.07 Å². The minimum Gasteiger partial charge on any atom is -0.377 e. The number of nitrogens with zero attached hydrogens (tertiary/aromatic N) is 3. The van der Waals surface area contributed by atoms with E-state index in [0.29, 0.717) is 30.4 Å². The van der Waals surface area contributed by atoms with Gasteiger partial charge in [-0.05, 0) is 25.8 Å². The third kappa shape index (κ3) is 4.46. The van der Waals surface area contributed by atoms with Crippen molar-refractivity contribution >= 4 is 17.4 Å². The molecule has 2 fully saturated rings. The van der Waals surface area contributed by atoms with Gasteiger partial charge in [-0.1, -0.05) is 6.07 Å². The van der Waals surface area contributed by atoms with Crippen molar-refractivity contribution in [1.29, 1.82) is 0 Å². The number of benzene rings is 1. The summed E-state index contributed by atoms with van der Waals surface area (Å²) in [6.07, 6.45) is 2.58. The van der Waals surface area contributed by atoms with E-state index in [9.17, 15) is 14.9 Å². The maximum atomic E-state index is 12.4. The summed E-state index contributed by atoms with van der Waals surface area (Å²) in [7, 11) is 0. The molecule has 1 aromatic carbocycles.